The molecule has 3 aliphatic rings. The number of barbiturate groups is 1. The summed E-state index contributed by atoms with van der Waals surface area (Å²) in [6, 6.07) is 10.7. The minimum absolute atomic E-state index is 0.124. The van der Waals surface area contributed by atoms with Crippen molar-refractivity contribution in [1.29, 1.82) is 0 Å². The molecule has 3 aliphatic heterocycles. The molecule has 0 aromatic heterocycles. The maximum absolute atomic E-state index is 14.6. The molecule has 2 aromatic rings. The molecule has 0 unspecified atom stereocenters. The second-order valence-electron chi connectivity index (χ2n) is 8.65. The van der Waals surface area contributed by atoms with Crippen LogP contribution in [0.25, 0.3) is 0 Å². The first kappa shape index (κ1) is 20.3. The van der Waals surface area contributed by atoms with Crippen molar-refractivity contribution in [2.45, 2.75) is 12.5 Å². The molecule has 3 heterocycles. The number of rotatable bonds is 1. The van der Waals surface area contributed by atoms with Gasteiger partial charge in [0, 0.05) is 45.1 Å². The zero-order valence-electron chi connectivity index (χ0n) is 17.9. The number of piperazine rings is 1. The number of amides is 4. The van der Waals surface area contributed by atoms with Gasteiger partial charge >= 0.3 is 6.03 Å². The van der Waals surface area contributed by atoms with E-state index in [0.29, 0.717) is 24.5 Å². The van der Waals surface area contributed by atoms with Crippen LogP contribution in [0.1, 0.15) is 5.56 Å². The van der Waals surface area contributed by atoms with Crippen LogP contribution in [0.3, 0.4) is 0 Å². The van der Waals surface area contributed by atoms with Crippen LogP contribution >= 0.6 is 0 Å². The van der Waals surface area contributed by atoms with Crippen LogP contribution in [0.15, 0.2) is 42.5 Å². The van der Waals surface area contributed by atoms with E-state index in [9.17, 15) is 18.8 Å². The van der Waals surface area contributed by atoms with Gasteiger partial charge < -0.3 is 15.5 Å². The average molecular weight is 437 g/mol. The number of urea groups is 1. The Kier molecular flexibility index (Phi) is 4.40. The highest BCUT2D eigenvalue weighted by Gasteiger charge is 2.63. The molecule has 2 saturated heterocycles. The maximum atomic E-state index is 14.6. The van der Waals surface area contributed by atoms with E-state index in [1.165, 1.54) is 20.2 Å². The number of para-hydroxylation sites is 1. The Morgan fingerprint density at radius 1 is 0.969 bits per heavy atom. The molecule has 9 heteroatoms. The summed E-state index contributed by atoms with van der Waals surface area (Å²) in [4.78, 5) is 45.7. The highest BCUT2D eigenvalue weighted by molar-refractivity contribution is 6.20. The van der Waals surface area contributed by atoms with Gasteiger partial charge in [-0.3, -0.25) is 19.4 Å². The lowest BCUT2D eigenvalue weighted by Gasteiger charge is -2.56. The zero-order valence-corrected chi connectivity index (χ0v) is 17.9. The number of hydrogen-bond donors (Lipinski definition) is 1. The summed E-state index contributed by atoms with van der Waals surface area (Å²) in [6.07, 6.45) is 0.124. The summed E-state index contributed by atoms with van der Waals surface area (Å²) in [5.74, 6) is -1.43. The Bertz CT molecular complexity index is 1130. The van der Waals surface area contributed by atoms with Crippen LogP contribution in [0.4, 0.5) is 26.2 Å². The van der Waals surface area contributed by atoms with Gasteiger partial charge in [-0.25, -0.2) is 9.18 Å². The third-order valence-electron chi connectivity index (χ3n) is 6.97. The van der Waals surface area contributed by atoms with Crippen molar-refractivity contribution in [2.24, 2.45) is 5.41 Å². The van der Waals surface area contributed by atoms with Crippen molar-refractivity contribution in [3.8, 4) is 0 Å². The highest BCUT2D eigenvalue weighted by atomic mass is 19.1. The minimum Gasteiger partial charge on any atom is -0.399 e. The van der Waals surface area contributed by atoms with Gasteiger partial charge in [-0.05, 0) is 42.3 Å². The Hall–Kier alpha value is -3.62. The molecule has 0 saturated carbocycles. The summed E-state index contributed by atoms with van der Waals surface area (Å²) >= 11 is 0. The zero-order chi connectivity index (χ0) is 22.8. The van der Waals surface area contributed by atoms with Crippen LogP contribution in [0, 0.1) is 11.2 Å². The maximum Gasteiger partial charge on any atom is 0.332 e. The van der Waals surface area contributed by atoms with Gasteiger partial charge in [-0.15, -0.1) is 0 Å². The highest BCUT2D eigenvalue weighted by Crippen LogP contribution is 2.47. The lowest BCUT2D eigenvalue weighted by molar-refractivity contribution is -0.159. The average Bonchev–Trinajstić information content (AvgIpc) is 2.80. The number of halogens is 1. The van der Waals surface area contributed by atoms with Crippen LogP contribution in [-0.2, 0) is 16.0 Å². The SMILES string of the molecule is CN1C(=O)N(C)C(=O)C2(Cc3cc(N)ccc3N3CCN(c4ccccc4F)C[C@@H]32)C1=O. The fourth-order valence-corrected chi connectivity index (χ4v) is 5.39. The third-order valence-corrected chi connectivity index (χ3v) is 6.97. The fraction of sp³-hybridized carbons (Fsp3) is 0.348. The molecular formula is C23H24FN5O3. The number of imide groups is 2. The van der Waals surface area contributed by atoms with Crippen LogP contribution < -0.4 is 15.5 Å². The number of anilines is 3. The number of carbonyl (C=O) groups is 3. The smallest absolute Gasteiger partial charge is 0.332 e. The van der Waals surface area contributed by atoms with Gasteiger partial charge in [0.05, 0.1) is 11.7 Å². The first-order chi connectivity index (χ1) is 15.3. The van der Waals surface area contributed by atoms with Crippen LogP contribution in [-0.4, -0.2) is 67.4 Å². The lowest BCUT2D eigenvalue weighted by atomic mass is 9.67. The van der Waals surface area contributed by atoms with E-state index in [2.05, 4.69) is 0 Å². The Morgan fingerprint density at radius 2 is 1.66 bits per heavy atom. The van der Waals surface area contributed by atoms with E-state index < -0.39 is 29.3 Å². The van der Waals surface area contributed by atoms with E-state index in [4.69, 9.17) is 5.73 Å². The van der Waals surface area contributed by atoms with E-state index in [0.717, 1.165) is 21.1 Å². The lowest BCUT2D eigenvalue weighted by Crippen LogP contribution is -2.74. The number of nitrogens with two attached hydrogens (primary N) is 1. The molecule has 2 fully saturated rings. The topological polar surface area (TPSA) is 90.2 Å². The van der Waals surface area contributed by atoms with Crippen molar-refractivity contribution in [2.75, 3.05) is 49.3 Å². The molecule has 0 radical (unpaired) electrons. The van der Waals surface area contributed by atoms with Gasteiger partial charge in [0.15, 0.2) is 5.41 Å². The fourth-order valence-electron chi connectivity index (χ4n) is 5.39. The summed E-state index contributed by atoms with van der Waals surface area (Å²) in [6.45, 7) is 1.27. The molecular weight excluding hydrogens is 413 g/mol. The van der Waals surface area contributed by atoms with Crippen LogP contribution in [0.5, 0.6) is 0 Å². The molecule has 32 heavy (non-hydrogen) atoms. The summed E-state index contributed by atoms with van der Waals surface area (Å²) in [5, 5.41) is 0. The summed E-state index contributed by atoms with van der Waals surface area (Å²) in [7, 11) is 2.79. The summed E-state index contributed by atoms with van der Waals surface area (Å²) < 4.78 is 14.6. The predicted molar refractivity (Wildman–Crippen MR) is 118 cm³/mol. The molecule has 0 aliphatic carbocycles. The first-order valence-electron chi connectivity index (χ1n) is 10.5. The normalized spacial score (nSPS) is 22.3. The first-order valence-corrected chi connectivity index (χ1v) is 10.5. The standard InChI is InChI=1S/C23H24FN5O3/c1-26-20(30)23(21(31)27(2)22(26)32)12-14-11-15(25)7-8-17(14)29-10-9-28(13-19(23)29)18-6-4-3-5-16(18)24/h3-8,11,19H,9-10,12-13,25H2,1-2H3/t19-/m1/s1. The second kappa shape index (κ2) is 6.94. The number of benzene rings is 2. The molecule has 2 aromatic carbocycles. The van der Waals surface area contributed by atoms with E-state index in [1.807, 2.05) is 15.9 Å². The Balaban J connectivity index is 1.67. The van der Waals surface area contributed by atoms with Crippen molar-refractivity contribution in [3.05, 3.63) is 53.8 Å². The molecule has 5 rings (SSSR count). The Morgan fingerprint density at radius 3 is 2.34 bits per heavy atom. The molecule has 4 amide bonds. The van der Waals surface area contributed by atoms with E-state index in [-0.39, 0.29) is 18.8 Å². The second-order valence-corrected chi connectivity index (χ2v) is 8.65. The quantitative estimate of drug-likeness (QED) is 0.540. The number of fused-ring (bicyclic) bond motifs is 4. The number of nitrogen functional groups attached to an aromatic ring is 1. The van der Waals surface area contributed by atoms with Crippen molar-refractivity contribution in [3.63, 3.8) is 0 Å². The monoisotopic (exact) mass is 437 g/mol. The van der Waals surface area contributed by atoms with Crippen LogP contribution in [0.2, 0.25) is 0 Å². The molecule has 1 atom stereocenters. The molecule has 1 spiro atoms. The van der Waals surface area contributed by atoms with Gasteiger partial charge in [0.1, 0.15) is 5.82 Å². The number of hydrogen-bond acceptors (Lipinski definition) is 6. The van der Waals surface area contributed by atoms with Gasteiger partial charge in [0.2, 0.25) is 11.8 Å². The molecule has 8 nitrogen and oxygen atoms in total. The Labute approximate surface area is 185 Å². The van der Waals surface area contributed by atoms with Gasteiger partial charge in [0.25, 0.3) is 0 Å². The third kappa shape index (κ3) is 2.63. The van der Waals surface area contributed by atoms with Gasteiger partial charge in [-0.2, -0.15) is 0 Å². The van der Waals surface area contributed by atoms with Gasteiger partial charge in [-0.1, -0.05) is 12.1 Å². The molecule has 2 N–H and O–H groups in total. The van der Waals surface area contributed by atoms with Crippen molar-refractivity contribution < 1.29 is 18.8 Å². The van der Waals surface area contributed by atoms with Crippen molar-refractivity contribution >= 4 is 34.9 Å². The number of nitrogens with zero attached hydrogens (tertiary/aromatic N) is 4. The predicted octanol–water partition coefficient (Wildman–Crippen LogP) is 1.70. The largest absolute Gasteiger partial charge is 0.399 e. The summed E-state index contributed by atoms with van der Waals surface area (Å²) in [5.41, 5.74) is 7.17. The molecule has 0 bridgehead atoms. The van der Waals surface area contributed by atoms with Crippen molar-refractivity contribution in [1.82, 2.24) is 9.80 Å². The van der Waals surface area contributed by atoms with E-state index >= 15 is 0 Å². The van der Waals surface area contributed by atoms with E-state index in [1.54, 1.807) is 30.3 Å². The number of carbonyl (C=O) groups excluding carboxylic acids is 3. The molecule has 166 valence electrons. The minimum atomic E-state index is -1.51.